The van der Waals surface area contributed by atoms with Gasteiger partial charge >= 0.3 is 0 Å². The van der Waals surface area contributed by atoms with Crippen molar-refractivity contribution >= 4 is 27.5 Å². The second kappa shape index (κ2) is 9.24. The van der Waals surface area contributed by atoms with Gasteiger partial charge in [0.15, 0.2) is 6.61 Å². The van der Waals surface area contributed by atoms with Gasteiger partial charge in [0.1, 0.15) is 18.1 Å². The van der Waals surface area contributed by atoms with Crippen LogP contribution in [0.5, 0.6) is 11.5 Å². The Bertz CT molecular complexity index is 912. The molecule has 0 saturated carbocycles. The first-order chi connectivity index (χ1) is 13.1. The van der Waals surface area contributed by atoms with Crippen LogP contribution in [-0.2, 0) is 11.4 Å². The number of hydrogen-bond acceptors (Lipinski definition) is 3. The number of hydrogen-bond donors (Lipinski definition) is 1. The molecule has 0 spiro atoms. The van der Waals surface area contributed by atoms with Crippen molar-refractivity contribution in [2.75, 3.05) is 11.9 Å². The van der Waals surface area contributed by atoms with Crippen LogP contribution in [0.15, 0.2) is 77.3 Å². The quantitative estimate of drug-likeness (QED) is 0.554. The van der Waals surface area contributed by atoms with E-state index >= 15 is 0 Å². The van der Waals surface area contributed by atoms with Crippen LogP contribution in [0.2, 0.25) is 0 Å². The number of halogens is 1. The van der Waals surface area contributed by atoms with E-state index in [2.05, 4.69) is 21.2 Å². The van der Waals surface area contributed by atoms with Gasteiger partial charge in [-0.2, -0.15) is 0 Å². The van der Waals surface area contributed by atoms with E-state index in [1.807, 2.05) is 79.7 Å². The molecule has 3 rings (SSSR count). The van der Waals surface area contributed by atoms with Crippen molar-refractivity contribution in [1.82, 2.24) is 0 Å². The maximum Gasteiger partial charge on any atom is 0.262 e. The van der Waals surface area contributed by atoms with Crippen LogP contribution in [0.25, 0.3) is 0 Å². The van der Waals surface area contributed by atoms with Crippen molar-refractivity contribution in [1.29, 1.82) is 0 Å². The zero-order valence-corrected chi connectivity index (χ0v) is 16.5. The maximum absolute atomic E-state index is 12.3. The van der Waals surface area contributed by atoms with Crippen LogP contribution in [-0.4, -0.2) is 12.5 Å². The fraction of sp³-hybridized carbons (Fsp3) is 0.136. The Hall–Kier alpha value is -2.79. The molecule has 0 aliphatic rings. The van der Waals surface area contributed by atoms with Crippen LogP contribution in [0.1, 0.15) is 11.1 Å². The minimum absolute atomic E-state index is 0.0739. The summed E-state index contributed by atoms with van der Waals surface area (Å²) in [7, 11) is 0. The van der Waals surface area contributed by atoms with Crippen molar-refractivity contribution in [2.24, 2.45) is 0 Å². The number of para-hydroxylation sites is 2. The molecule has 3 aromatic carbocycles. The summed E-state index contributed by atoms with van der Waals surface area (Å²) in [4.78, 5) is 12.3. The molecule has 3 aromatic rings. The monoisotopic (exact) mass is 425 g/mol. The van der Waals surface area contributed by atoms with Gasteiger partial charge in [-0.05, 0) is 48.4 Å². The summed E-state index contributed by atoms with van der Waals surface area (Å²) in [5.74, 6) is 1.06. The van der Waals surface area contributed by atoms with Gasteiger partial charge in [-0.15, -0.1) is 0 Å². The zero-order chi connectivity index (χ0) is 19.1. The largest absolute Gasteiger partial charge is 0.487 e. The average Bonchev–Trinajstić information content (AvgIpc) is 2.67. The molecule has 0 aromatic heterocycles. The van der Waals surface area contributed by atoms with Gasteiger partial charge in [-0.1, -0.05) is 58.4 Å². The van der Waals surface area contributed by atoms with Crippen LogP contribution < -0.4 is 14.8 Å². The molecule has 0 heterocycles. The molecule has 1 amide bonds. The van der Waals surface area contributed by atoms with E-state index in [0.29, 0.717) is 23.8 Å². The third-order valence-electron chi connectivity index (χ3n) is 3.89. The highest BCUT2D eigenvalue weighted by Crippen LogP contribution is 2.25. The van der Waals surface area contributed by atoms with E-state index in [0.717, 1.165) is 15.6 Å². The van der Waals surface area contributed by atoms with E-state index in [9.17, 15) is 4.79 Å². The minimum Gasteiger partial charge on any atom is -0.487 e. The summed E-state index contributed by atoms with van der Waals surface area (Å²) in [5.41, 5.74) is 2.64. The first-order valence-electron chi connectivity index (χ1n) is 8.56. The molecule has 0 fully saturated rings. The predicted molar refractivity (Wildman–Crippen MR) is 110 cm³/mol. The molecule has 0 saturated heterocycles. The van der Waals surface area contributed by atoms with Gasteiger partial charge in [-0.25, -0.2) is 0 Å². The number of ether oxygens (including phenoxy) is 2. The third-order valence-corrected chi connectivity index (χ3v) is 4.39. The van der Waals surface area contributed by atoms with E-state index in [1.54, 1.807) is 0 Å². The van der Waals surface area contributed by atoms with Gasteiger partial charge in [0, 0.05) is 4.47 Å². The lowest BCUT2D eigenvalue weighted by Gasteiger charge is -2.13. The van der Waals surface area contributed by atoms with Gasteiger partial charge in [0.25, 0.3) is 5.91 Å². The smallest absolute Gasteiger partial charge is 0.262 e. The molecule has 0 atom stereocenters. The van der Waals surface area contributed by atoms with Crippen molar-refractivity contribution in [3.63, 3.8) is 0 Å². The standard InChI is InChI=1S/C22H20BrNO3/c1-16-13-18(23)11-12-20(16)27-15-22(25)24-19-9-5-6-10-21(19)26-14-17-7-3-2-4-8-17/h2-13H,14-15H2,1H3,(H,24,25). The Morgan fingerprint density at radius 2 is 1.67 bits per heavy atom. The Labute approximate surface area is 167 Å². The summed E-state index contributed by atoms with van der Waals surface area (Å²) in [6, 6.07) is 22.9. The SMILES string of the molecule is Cc1cc(Br)ccc1OCC(=O)Nc1ccccc1OCc1ccccc1. The fourth-order valence-corrected chi connectivity index (χ4v) is 3.01. The van der Waals surface area contributed by atoms with Crippen molar-refractivity contribution < 1.29 is 14.3 Å². The first-order valence-corrected chi connectivity index (χ1v) is 9.35. The Balaban J connectivity index is 1.59. The molecule has 1 N–H and O–H groups in total. The summed E-state index contributed by atoms with van der Waals surface area (Å²) in [6.07, 6.45) is 0. The molecule has 5 heteroatoms. The number of aryl methyl sites for hydroxylation is 1. The molecule has 138 valence electrons. The molecule has 0 bridgehead atoms. The molecule has 4 nitrogen and oxygen atoms in total. The second-order valence-electron chi connectivity index (χ2n) is 6.02. The van der Waals surface area contributed by atoms with Gasteiger partial charge in [-0.3, -0.25) is 4.79 Å². The topological polar surface area (TPSA) is 47.6 Å². The highest BCUT2D eigenvalue weighted by Gasteiger charge is 2.09. The van der Waals surface area contributed by atoms with Crippen LogP contribution in [0.4, 0.5) is 5.69 Å². The molecule has 27 heavy (non-hydrogen) atoms. The summed E-state index contributed by atoms with van der Waals surface area (Å²) >= 11 is 3.41. The highest BCUT2D eigenvalue weighted by molar-refractivity contribution is 9.10. The number of anilines is 1. The maximum atomic E-state index is 12.3. The number of carbonyl (C=O) groups excluding carboxylic acids is 1. The van der Waals surface area contributed by atoms with E-state index in [1.165, 1.54) is 0 Å². The van der Waals surface area contributed by atoms with E-state index < -0.39 is 0 Å². The molecule has 0 aliphatic carbocycles. The first kappa shape index (κ1) is 19.0. The molecule has 0 radical (unpaired) electrons. The lowest BCUT2D eigenvalue weighted by atomic mass is 10.2. The Morgan fingerprint density at radius 3 is 2.44 bits per heavy atom. The zero-order valence-electron chi connectivity index (χ0n) is 14.9. The normalized spacial score (nSPS) is 10.3. The number of nitrogens with one attached hydrogen (secondary N) is 1. The van der Waals surface area contributed by atoms with Crippen LogP contribution >= 0.6 is 15.9 Å². The lowest BCUT2D eigenvalue weighted by molar-refractivity contribution is -0.118. The molecular weight excluding hydrogens is 406 g/mol. The summed E-state index contributed by atoms with van der Waals surface area (Å²) < 4.78 is 12.5. The van der Waals surface area contributed by atoms with Crippen molar-refractivity contribution in [3.8, 4) is 11.5 Å². The molecular formula is C22H20BrNO3. The number of benzene rings is 3. The van der Waals surface area contributed by atoms with Gasteiger partial charge < -0.3 is 14.8 Å². The summed E-state index contributed by atoms with van der Waals surface area (Å²) in [6.45, 7) is 2.29. The van der Waals surface area contributed by atoms with Gasteiger partial charge in [0.05, 0.1) is 5.69 Å². The third kappa shape index (κ3) is 5.59. The highest BCUT2D eigenvalue weighted by atomic mass is 79.9. The fourth-order valence-electron chi connectivity index (χ4n) is 2.54. The van der Waals surface area contributed by atoms with Crippen molar-refractivity contribution in [2.45, 2.75) is 13.5 Å². The molecule has 0 unspecified atom stereocenters. The number of carbonyl (C=O) groups is 1. The Kier molecular flexibility index (Phi) is 6.49. The second-order valence-corrected chi connectivity index (χ2v) is 6.93. The van der Waals surface area contributed by atoms with Crippen LogP contribution in [0, 0.1) is 6.92 Å². The predicted octanol–water partition coefficient (Wildman–Crippen LogP) is 5.35. The van der Waals surface area contributed by atoms with Crippen LogP contribution in [0.3, 0.4) is 0 Å². The minimum atomic E-state index is -0.243. The number of rotatable bonds is 7. The van der Waals surface area contributed by atoms with E-state index in [4.69, 9.17) is 9.47 Å². The lowest BCUT2D eigenvalue weighted by Crippen LogP contribution is -2.20. The Morgan fingerprint density at radius 1 is 0.926 bits per heavy atom. The van der Waals surface area contributed by atoms with E-state index in [-0.39, 0.29) is 12.5 Å². The average molecular weight is 426 g/mol. The van der Waals surface area contributed by atoms with Crippen molar-refractivity contribution in [3.05, 3.63) is 88.4 Å². The summed E-state index contributed by atoms with van der Waals surface area (Å²) in [5, 5.41) is 2.85. The van der Waals surface area contributed by atoms with Gasteiger partial charge in [0.2, 0.25) is 0 Å². The number of amides is 1. The molecule has 0 aliphatic heterocycles.